The number of terminal acetylenes is 1. The number of ether oxygens (including phenoxy) is 1. The molecule has 0 amide bonds. The van der Waals surface area contributed by atoms with Gasteiger partial charge in [0, 0.05) is 21.8 Å². The zero-order valence-electron chi connectivity index (χ0n) is 12.2. The molecule has 0 spiro atoms. The van der Waals surface area contributed by atoms with Crippen LogP contribution in [0.5, 0.6) is 5.75 Å². The van der Waals surface area contributed by atoms with Crippen LogP contribution in [0, 0.1) is 37.5 Å². The maximum absolute atomic E-state index is 9.19. The van der Waals surface area contributed by atoms with Gasteiger partial charge < -0.3 is 9.15 Å². The summed E-state index contributed by atoms with van der Waals surface area (Å²) in [5.74, 6) is 4.01. The summed E-state index contributed by atoms with van der Waals surface area (Å²) in [5.41, 5.74) is 1.97. The molecule has 1 aromatic carbocycles. The lowest BCUT2D eigenvalue weighted by Crippen LogP contribution is -1.97. The quantitative estimate of drug-likeness (QED) is 0.606. The van der Waals surface area contributed by atoms with Gasteiger partial charge in [0.2, 0.25) is 5.88 Å². The smallest absolute Gasteiger partial charge is 0.237 e. The Bertz CT molecular complexity index is 807. The van der Waals surface area contributed by atoms with Crippen LogP contribution >= 0.6 is 15.9 Å². The third-order valence-corrected chi connectivity index (χ3v) is 3.58. The molecular weight excluding hydrogens is 344 g/mol. The number of furan rings is 1. The lowest BCUT2D eigenvalue weighted by atomic mass is 10.2. The maximum Gasteiger partial charge on any atom is 0.237 e. The Morgan fingerprint density at radius 1 is 1.45 bits per heavy atom. The van der Waals surface area contributed by atoms with Crippen molar-refractivity contribution in [2.24, 2.45) is 4.99 Å². The third-order valence-electron chi connectivity index (χ3n) is 3.08. The average Bonchev–Trinajstić information content (AvgIpc) is 2.78. The zero-order valence-corrected chi connectivity index (χ0v) is 13.8. The Balaban J connectivity index is 2.38. The van der Waals surface area contributed by atoms with Gasteiger partial charge in [-0.1, -0.05) is 21.9 Å². The van der Waals surface area contributed by atoms with Gasteiger partial charge in [0.1, 0.15) is 29.7 Å². The van der Waals surface area contributed by atoms with Gasteiger partial charge in [0.25, 0.3) is 0 Å². The first-order valence-corrected chi connectivity index (χ1v) is 7.26. The molecule has 5 heteroatoms. The van der Waals surface area contributed by atoms with Crippen molar-refractivity contribution in [2.75, 3.05) is 6.61 Å². The molecule has 0 N–H and O–H groups in total. The first-order chi connectivity index (χ1) is 10.6. The molecule has 0 fully saturated rings. The van der Waals surface area contributed by atoms with E-state index in [9.17, 15) is 5.26 Å². The van der Waals surface area contributed by atoms with Gasteiger partial charge in [0.05, 0.1) is 0 Å². The second-order valence-corrected chi connectivity index (χ2v) is 5.42. The molecule has 110 valence electrons. The standard InChI is InChI=1S/C17H13BrN2O2/c1-4-7-21-16-6-5-14(18)8-13(16)10-20-17-15(9-19)11(2)12(3)22-17/h1,5-6,8,10H,7H2,2-3H3. The molecule has 0 unspecified atom stereocenters. The molecule has 22 heavy (non-hydrogen) atoms. The fraction of sp³-hybridized carbons (Fsp3) is 0.176. The molecule has 0 radical (unpaired) electrons. The molecule has 4 nitrogen and oxygen atoms in total. The molecule has 0 saturated carbocycles. The van der Waals surface area contributed by atoms with E-state index in [0.717, 1.165) is 15.6 Å². The van der Waals surface area contributed by atoms with Crippen LogP contribution in [0.25, 0.3) is 0 Å². The van der Waals surface area contributed by atoms with Gasteiger partial charge in [-0.15, -0.1) is 6.42 Å². The number of benzene rings is 1. The maximum atomic E-state index is 9.19. The monoisotopic (exact) mass is 356 g/mol. The number of hydrogen-bond donors (Lipinski definition) is 0. The number of nitrogens with zero attached hydrogens (tertiary/aromatic N) is 2. The van der Waals surface area contributed by atoms with E-state index in [1.807, 2.05) is 19.1 Å². The summed E-state index contributed by atoms with van der Waals surface area (Å²) < 4.78 is 11.9. The average molecular weight is 357 g/mol. The Morgan fingerprint density at radius 3 is 2.91 bits per heavy atom. The van der Waals surface area contributed by atoms with E-state index in [-0.39, 0.29) is 6.61 Å². The van der Waals surface area contributed by atoms with E-state index < -0.39 is 0 Å². The SMILES string of the molecule is C#CCOc1ccc(Br)cc1C=Nc1oc(C)c(C)c1C#N. The second-order valence-electron chi connectivity index (χ2n) is 4.51. The molecule has 1 aromatic heterocycles. The van der Waals surface area contributed by atoms with Crippen LogP contribution in [0.15, 0.2) is 32.1 Å². The highest BCUT2D eigenvalue weighted by Crippen LogP contribution is 2.29. The first kappa shape index (κ1) is 15.9. The van der Waals surface area contributed by atoms with Crippen LogP contribution in [0.4, 0.5) is 5.88 Å². The van der Waals surface area contributed by atoms with E-state index >= 15 is 0 Å². The topological polar surface area (TPSA) is 58.5 Å². The van der Waals surface area contributed by atoms with Gasteiger partial charge in [-0.2, -0.15) is 5.26 Å². The Morgan fingerprint density at radius 2 is 2.23 bits per heavy atom. The number of nitriles is 1. The normalized spacial score (nSPS) is 10.4. The summed E-state index contributed by atoms with van der Waals surface area (Å²) in [7, 11) is 0. The first-order valence-electron chi connectivity index (χ1n) is 6.46. The highest BCUT2D eigenvalue weighted by molar-refractivity contribution is 9.10. The molecule has 1 heterocycles. The van der Waals surface area contributed by atoms with Crippen LogP contribution in [0.1, 0.15) is 22.5 Å². The predicted octanol–water partition coefficient (Wildman–Crippen LogP) is 4.29. The van der Waals surface area contributed by atoms with Crippen LogP contribution in [0.2, 0.25) is 0 Å². The van der Waals surface area contributed by atoms with E-state index in [0.29, 0.717) is 23.0 Å². The van der Waals surface area contributed by atoms with Crippen molar-refractivity contribution in [3.63, 3.8) is 0 Å². The minimum atomic E-state index is 0.172. The largest absolute Gasteiger partial charge is 0.480 e. The molecule has 0 aliphatic carbocycles. The summed E-state index contributed by atoms with van der Waals surface area (Å²) in [4.78, 5) is 4.27. The van der Waals surface area contributed by atoms with Crippen molar-refractivity contribution in [1.29, 1.82) is 5.26 Å². The second kappa shape index (κ2) is 6.98. The van der Waals surface area contributed by atoms with Gasteiger partial charge in [0.15, 0.2) is 0 Å². The molecular formula is C17H13BrN2O2. The van der Waals surface area contributed by atoms with E-state index in [1.54, 1.807) is 19.2 Å². The van der Waals surface area contributed by atoms with Crippen molar-refractivity contribution >= 4 is 28.0 Å². The van der Waals surface area contributed by atoms with Crippen molar-refractivity contribution in [2.45, 2.75) is 13.8 Å². The highest BCUT2D eigenvalue weighted by atomic mass is 79.9. The number of aryl methyl sites for hydroxylation is 1. The molecule has 0 bridgehead atoms. The number of rotatable bonds is 4. The van der Waals surface area contributed by atoms with Crippen LogP contribution < -0.4 is 4.74 Å². The lowest BCUT2D eigenvalue weighted by Gasteiger charge is -2.06. The van der Waals surface area contributed by atoms with Gasteiger partial charge in [-0.05, 0) is 32.0 Å². The van der Waals surface area contributed by atoms with Crippen molar-refractivity contribution in [3.05, 3.63) is 45.1 Å². The molecule has 0 aliphatic heterocycles. The van der Waals surface area contributed by atoms with Crippen LogP contribution in [-0.4, -0.2) is 12.8 Å². The Kier molecular flexibility index (Phi) is 5.04. The highest BCUT2D eigenvalue weighted by Gasteiger charge is 2.13. The van der Waals surface area contributed by atoms with E-state index in [1.165, 1.54) is 0 Å². The molecule has 0 saturated heterocycles. The summed E-state index contributed by atoms with van der Waals surface area (Å²) in [6, 6.07) is 7.61. The summed E-state index contributed by atoms with van der Waals surface area (Å²) >= 11 is 3.40. The zero-order chi connectivity index (χ0) is 16.1. The fourth-order valence-corrected chi connectivity index (χ4v) is 2.21. The number of hydrogen-bond acceptors (Lipinski definition) is 4. The summed E-state index contributed by atoms with van der Waals surface area (Å²) in [5, 5.41) is 9.19. The van der Waals surface area contributed by atoms with Gasteiger partial charge in [-0.3, -0.25) is 0 Å². The van der Waals surface area contributed by atoms with E-state index in [2.05, 4.69) is 32.9 Å². The molecule has 0 atom stereocenters. The number of halogens is 1. The third kappa shape index (κ3) is 3.39. The lowest BCUT2D eigenvalue weighted by molar-refractivity contribution is 0.370. The molecule has 2 aromatic rings. The van der Waals surface area contributed by atoms with Gasteiger partial charge in [-0.25, -0.2) is 4.99 Å². The van der Waals surface area contributed by atoms with Crippen LogP contribution in [0.3, 0.4) is 0 Å². The van der Waals surface area contributed by atoms with Crippen molar-refractivity contribution in [3.8, 4) is 24.2 Å². The molecule has 2 rings (SSSR count). The van der Waals surface area contributed by atoms with Crippen molar-refractivity contribution in [1.82, 2.24) is 0 Å². The fourth-order valence-electron chi connectivity index (χ4n) is 1.83. The Hall–Kier alpha value is -2.50. The van der Waals surface area contributed by atoms with E-state index in [4.69, 9.17) is 15.6 Å². The predicted molar refractivity (Wildman–Crippen MR) is 88.6 cm³/mol. The summed E-state index contributed by atoms with van der Waals surface area (Å²) in [6.07, 6.45) is 6.80. The number of aliphatic imine (C=N–C) groups is 1. The minimum Gasteiger partial charge on any atom is -0.480 e. The van der Waals surface area contributed by atoms with Crippen LogP contribution in [-0.2, 0) is 0 Å². The van der Waals surface area contributed by atoms with Crippen molar-refractivity contribution < 1.29 is 9.15 Å². The summed E-state index contributed by atoms with van der Waals surface area (Å²) in [6.45, 7) is 3.80. The van der Waals surface area contributed by atoms with Gasteiger partial charge >= 0.3 is 0 Å². The molecule has 0 aliphatic rings. The minimum absolute atomic E-state index is 0.172. The Labute approximate surface area is 137 Å².